The fourth-order valence-corrected chi connectivity index (χ4v) is 3.19. The van der Waals surface area contributed by atoms with Crippen molar-refractivity contribution in [1.29, 1.82) is 0 Å². The van der Waals surface area contributed by atoms with Crippen LogP contribution in [0, 0.1) is 6.92 Å². The summed E-state index contributed by atoms with van der Waals surface area (Å²) in [7, 11) is -8.45. The Morgan fingerprint density at radius 3 is 2.37 bits per heavy atom. The summed E-state index contributed by atoms with van der Waals surface area (Å²) in [4.78, 5) is -0.0943. The Kier molecular flexibility index (Phi) is 4.80. The first kappa shape index (κ1) is 16.2. The third-order valence-electron chi connectivity index (χ3n) is 2.25. The Bertz CT molecular complexity index is 660. The van der Waals surface area contributed by atoms with Crippen molar-refractivity contribution < 1.29 is 25.6 Å². The molecule has 3 N–H and O–H groups in total. The SMILES string of the molecule is Cc1cc(S(=O)(=O)CCOS(=O)(=O)O)cc(Cl)c1N. The molecule has 7 nitrogen and oxygen atoms in total. The van der Waals surface area contributed by atoms with Crippen LogP contribution in [-0.2, 0) is 24.4 Å². The van der Waals surface area contributed by atoms with Gasteiger partial charge in [0.25, 0.3) is 0 Å². The summed E-state index contributed by atoms with van der Waals surface area (Å²) in [6.07, 6.45) is 0. The number of benzene rings is 1. The van der Waals surface area contributed by atoms with Crippen LogP contribution < -0.4 is 5.73 Å². The van der Waals surface area contributed by atoms with Crippen molar-refractivity contribution in [2.45, 2.75) is 11.8 Å². The van der Waals surface area contributed by atoms with E-state index < -0.39 is 32.6 Å². The molecular formula is C9H12ClNO6S2. The number of nitrogen functional groups attached to an aromatic ring is 1. The lowest BCUT2D eigenvalue weighted by molar-refractivity contribution is 0.284. The molecule has 19 heavy (non-hydrogen) atoms. The Labute approximate surface area is 116 Å². The van der Waals surface area contributed by atoms with Crippen LogP contribution in [0.1, 0.15) is 5.56 Å². The van der Waals surface area contributed by atoms with E-state index in [2.05, 4.69) is 4.18 Å². The maximum absolute atomic E-state index is 11.9. The van der Waals surface area contributed by atoms with Gasteiger partial charge in [-0.3, -0.25) is 4.55 Å². The standard InChI is InChI=1S/C9H12ClNO6S2/c1-6-4-7(5-8(10)9(6)11)18(12,13)3-2-17-19(14,15)16/h4-5H,2-3,11H2,1H3,(H,14,15,16). The first-order valence-corrected chi connectivity index (χ1v) is 8.33. The molecule has 1 rings (SSSR count). The van der Waals surface area contributed by atoms with Crippen molar-refractivity contribution in [2.75, 3.05) is 18.1 Å². The minimum absolute atomic E-state index is 0.0919. The van der Waals surface area contributed by atoms with E-state index in [9.17, 15) is 16.8 Å². The minimum atomic E-state index is -4.66. The molecule has 0 saturated carbocycles. The van der Waals surface area contributed by atoms with E-state index >= 15 is 0 Å². The number of anilines is 1. The molecule has 0 bridgehead atoms. The van der Waals surface area contributed by atoms with Gasteiger partial charge in [-0.05, 0) is 24.6 Å². The summed E-state index contributed by atoms with van der Waals surface area (Å²) >= 11 is 5.78. The van der Waals surface area contributed by atoms with Gasteiger partial charge in [-0.15, -0.1) is 0 Å². The molecule has 0 fully saturated rings. The van der Waals surface area contributed by atoms with Crippen LogP contribution in [0.15, 0.2) is 17.0 Å². The van der Waals surface area contributed by atoms with Crippen LogP contribution in [0.5, 0.6) is 0 Å². The van der Waals surface area contributed by atoms with Crippen LogP contribution in [0.25, 0.3) is 0 Å². The highest BCUT2D eigenvalue weighted by molar-refractivity contribution is 7.91. The van der Waals surface area contributed by atoms with Crippen molar-refractivity contribution >= 4 is 37.5 Å². The van der Waals surface area contributed by atoms with Gasteiger partial charge >= 0.3 is 10.4 Å². The molecule has 0 aliphatic rings. The van der Waals surface area contributed by atoms with E-state index in [-0.39, 0.29) is 15.6 Å². The van der Waals surface area contributed by atoms with Crippen molar-refractivity contribution in [1.82, 2.24) is 0 Å². The van der Waals surface area contributed by atoms with E-state index in [1.54, 1.807) is 6.92 Å². The molecule has 10 heteroatoms. The predicted molar refractivity (Wildman–Crippen MR) is 70.2 cm³/mol. The Morgan fingerprint density at radius 1 is 1.32 bits per heavy atom. The van der Waals surface area contributed by atoms with Gasteiger partial charge in [0, 0.05) is 0 Å². The fourth-order valence-electron chi connectivity index (χ4n) is 1.27. The molecule has 0 spiro atoms. The lowest BCUT2D eigenvalue weighted by Gasteiger charge is -2.08. The first-order valence-electron chi connectivity index (χ1n) is 4.93. The van der Waals surface area contributed by atoms with E-state index in [0.717, 1.165) is 0 Å². The van der Waals surface area contributed by atoms with Crippen LogP contribution in [0.3, 0.4) is 0 Å². The molecule has 0 aromatic heterocycles. The second-order valence-corrected chi connectivity index (χ2v) is 7.31. The molecule has 0 aliphatic heterocycles. The first-order chi connectivity index (χ1) is 8.53. The monoisotopic (exact) mass is 329 g/mol. The average Bonchev–Trinajstić information content (AvgIpc) is 2.22. The molecule has 0 unspecified atom stereocenters. The van der Waals surface area contributed by atoms with E-state index in [1.807, 2.05) is 0 Å². The van der Waals surface area contributed by atoms with Gasteiger partial charge in [0.15, 0.2) is 9.84 Å². The predicted octanol–water partition coefficient (Wildman–Crippen LogP) is 0.824. The molecule has 0 atom stereocenters. The zero-order chi connectivity index (χ0) is 14.8. The van der Waals surface area contributed by atoms with Crippen molar-refractivity contribution in [2.24, 2.45) is 0 Å². The number of hydrogen-bond donors (Lipinski definition) is 2. The highest BCUT2D eigenvalue weighted by atomic mass is 35.5. The zero-order valence-electron chi connectivity index (χ0n) is 9.83. The highest BCUT2D eigenvalue weighted by Gasteiger charge is 2.18. The number of sulfone groups is 1. The van der Waals surface area contributed by atoms with Crippen LogP contribution in [-0.4, -0.2) is 33.7 Å². The van der Waals surface area contributed by atoms with Crippen molar-refractivity contribution in [3.05, 3.63) is 22.7 Å². The summed E-state index contributed by atoms with van der Waals surface area (Å²) in [5.41, 5.74) is 6.35. The zero-order valence-corrected chi connectivity index (χ0v) is 12.2. The maximum Gasteiger partial charge on any atom is 0.397 e. The number of halogens is 1. The van der Waals surface area contributed by atoms with Crippen LogP contribution in [0.4, 0.5) is 5.69 Å². The Balaban J connectivity index is 2.95. The lowest BCUT2D eigenvalue weighted by atomic mass is 10.2. The van der Waals surface area contributed by atoms with Crippen LogP contribution in [0.2, 0.25) is 5.02 Å². The molecule has 1 aromatic rings. The number of aryl methyl sites for hydroxylation is 1. The van der Waals surface area contributed by atoms with Gasteiger partial charge in [-0.1, -0.05) is 11.6 Å². The third kappa shape index (κ3) is 4.62. The smallest absolute Gasteiger partial charge is 0.397 e. The van der Waals surface area contributed by atoms with Crippen molar-refractivity contribution in [3.63, 3.8) is 0 Å². The normalized spacial score (nSPS) is 12.6. The van der Waals surface area contributed by atoms with Gasteiger partial charge in [-0.25, -0.2) is 12.6 Å². The summed E-state index contributed by atoms with van der Waals surface area (Å²) in [6, 6.07) is 2.50. The second-order valence-electron chi connectivity index (χ2n) is 3.70. The second kappa shape index (κ2) is 5.63. The molecule has 0 saturated heterocycles. The van der Waals surface area contributed by atoms with E-state index in [0.29, 0.717) is 5.56 Å². The summed E-state index contributed by atoms with van der Waals surface area (Å²) in [5.74, 6) is -0.619. The van der Waals surface area contributed by atoms with Crippen LogP contribution >= 0.6 is 11.6 Å². The molecular weight excluding hydrogens is 318 g/mol. The number of rotatable bonds is 5. The third-order valence-corrected chi connectivity index (χ3v) is 4.69. The van der Waals surface area contributed by atoms with E-state index in [4.69, 9.17) is 21.9 Å². The lowest BCUT2D eigenvalue weighted by Crippen LogP contribution is -2.15. The molecule has 0 heterocycles. The van der Waals surface area contributed by atoms with Gasteiger partial charge in [-0.2, -0.15) is 8.42 Å². The minimum Gasteiger partial charge on any atom is -0.397 e. The van der Waals surface area contributed by atoms with Gasteiger partial charge < -0.3 is 5.73 Å². The molecule has 0 radical (unpaired) electrons. The van der Waals surface area contributed by atoms with E-state index in [1.165, 1.54) is 12.1 Å². The molecule has 0 amide bonds. The largest absolute Gasteiger partial charge is 0.397 e. The topological polar surface area (TPSA) is 124 Å². The van der Waals surface area contributed by atoms with Crippen molar-refractivity contribution in [3.8, 4) is 0 Å². The summed E-state index contributed by atoms with van der Waals surface area (Å²) in [6.45, 7) is 0.900. The quantitative estimate of drug-likeness (QED) is 0.605. The fraction of sp³-hybridized carbons (Fsp3) is 0.333. The molecule has 108 valence electrons. The Hall–Kier alpha value is -0.870. The van der Waals surface area contributed by atoms with Gasteiger partial charge in [0.1, 0.15) is 0 Å². The number of nitrogens with two attached hydrogens (primary N) is 1. The molecule has 1 aromatic carbocycles. The molecule has 0 aliphatic carbocycles. The summed E-state index contributed by atoms with van der Waals surface area (Å²) in [5, 5.41) is 0.0919. The van der Waals surface area contributed by atoms with Gasteiger partial charge in [0.05, 0.1) is 28.0 Å². The maximum atomic E-state index is 11.9. The summed E-state index contributed by atoms with van der Waals surface area (Å²) < 4.78 is 56.7. The highest BCUT2D eigenvalue weighted by Crippen LogP contribution is 2.27. The number of hydrogen-bond acceptors (Lipinski definition) is 6. The Morgan fingerprint density at radius 2 is 1.89 bits per heavy atom. The van der Waals surface area contributed by atoms with Gasteiger partial charge in [0.2, 0.25) is 0 Å². The average molecular weight is 330 g/mol.